The molecule has 1 atom stereocenters. The molecule has 2 heterocycles. The van der Waals surface area contributed by atoms with Gasteiger partial charge in [-0.25, -0.2) is 4.98 Å². The lowest BCUT2D eigenvalue weighted by atomic mass is 9.69. The number of nitrogens with zero attached hydrogens (tertiary/aromatic N) is 1. The highest BCUT2D eigenvalue weighted by Gasteiger charge is 2.32. The molecule has 2 N–H and O–H groups in total. The SMILES string of the molecule is CCC(C)(C)[C@@H]1CCc2nc3sc(C(=O)c4ccc(OC)cc4)c(N)c3cc2C1. The van der Waals surface area contributed by atoms with Crippen molar-refractivity contribution in [2.45, 2.75) is 46.5 Å². The highest BCUT2D eigenvalue weighted by atomic mass is 32.1. The largest absolute Gasteiger partial charge is 0.497 e. The number of carbonyl (C=O) groups excluding carboxylic acids is 1. The summed E-state index contributed by atoms with van der Waals surface area (Å²) in [7, 11) is 1.61. The molecule has 152 valence electrons. The standard InChI is InChI=1S/C24H28N2O2S/c1-5-24(2,3)16-8-11-19-15(12-16)13-18-20(25)22(29-23(18)26-19)21(27)14-6-9-17(28-4)10-7-14/h6-7,9-10,13,16H,5,8,11-12,25H2,1-4H3/t16-/m1/s1. The Bertz CT molecular complexity index is 1070. The summed E-state index contributed by atoms with van der Waals surface area (Å²) in [6.45, 7) is 6.99. The van der Waals surface area contributed by atoms with Gasteiger partial charge in [0.2, 0.25) is 5.78 Å². The Morgan fingerprint density at radius 1 is 1.31 bits per heavy atom. The molecule has 2 aromatic heterocycles. The van der Waals surface area contributed by atoms with Crippen LogP contribution in [0.2, 0.25) is 0 Å². The summed E-state index contributed by atoms with van der Waals surface area (Å²) in [6.07, 6.45) is 4.38. The normalized spacial score (nSPS) is 16.6. The summed E-state index contributed by atoms with van der Waals surface area (Å²) < 4.78 is 5.18. The highest BCUT2D eigenvalue weighted by molar-refractivity contribution is 7.21. The fourth-order valence-corrected chi connectivity index (χ4v) is 5.25. The van der Waals surface area contributed by atoms with Crippen molar-refractivity contribution in [3.63, 3.8) is 0 Å². The molecular formula is C24H28N2O2S. The van der Waals surface area contributed by atoms with E-state index in [1.165, 1.54) is 35.4 Å². The van der Waals surface area contributed by atoms with Crippen LogP contribution in [0.3, 0.4) is 0 Å². The topological polar surface area (TPSA) is 65.2 Å². The van der Waals surface area contributed by atoms with Crippen molar-refractivity contribution in [1.82, 2.24) is 4.98 Å². The number of ether oxygens (including phenoxy) is 1. The molecule has 0 spiro atoms. The number of carbonyl (C=O) groups is 1. The Morgan fingerprint density at radius 2 is 2.03 bits per heavy atom. The van der Waals surface area contributed by atoms with E-state index in [0.717, 1.165) is 28.8 Å². The second kappa shape index (κ2) is 7.45. The molecule has 0 fully saturated rings. The van der Waals surface area contributed by atoms with Gasteiger partial charge in [-0.2, -0.15) is 0 Å². The number of thiophene rings is 1. The van der Waals surface area contributed by atoms with Gasteiger partial charge in [0.1, 0.15) is 15.5 Å². The van der Waals surface area contributed by atoms with Gasteiger partial charge in [0.15, 0.2) is 0 Å². The average molecular weight is 409 g/mol. The van der Waals surface area contributed by atoms with E-state index in [9.17, 15) is 4.79 Å². The van der Waals surface area contributed by atoms with Crippen molar-refractivity contribution >= 4 is 33.0 Å². The number of benzene rings is 1. The Hall–Kier alpha value is -2.40. The van der Waals surface area contributed by atoms with E-state index < -0.39 is 0 Å². The maximum absolute atomic E-state index is 13.0. The molecule has 0 unspecified atom stereocenters. The van der Waals surface area contributed by atoms with Gasteiger partial charge in [-0.1, -0.05) is 27.2 Å². The van der Waals surface area contributed by atoms with E-state index in [4.69, 9.17) is 15.5 Å². The summed E-state index contributed by atoms with van der Waals surface area (Å²) in [6, 6.07) is 9.33. The average Bonchev–Trinajstić information content (AvgIpc) is 3.06. The van der Waals surface area contributed by atoms with Gasteiger partial charge in [0.05, 0.1) is 12.8 Å². The Labute approximate surface area is 176 Å². The summed E-state index contributed by atoms with van der Waals surface area (Å²) in [4.78, 5) is 19.4. The molecular weight excluding hydrogens is 380 g/mol. The van der Waals surface area contributed by atoms with Crippen LogP contribution in [0.1, 0.15) is 60.1 Å². The van der Waals surface area contributed by atoms with Gasteiger partial charge in [0, 0.05) is 16.6 Å². The number of nitrogen functional groups attached to an aromatic ring is 1. The monoisotopic (exact) mass is 408 g/mol. The van der Waals surface area contributed by atoms with E-state index in [1.807, 2.05) is 0 Å². The van der Waals surface area contributed by atoms with Crippen LogP contribution >= 0.6 is 11.3 Å². The lowest BCUT2D eigenvalue weighted by Gasteiger charge is -2.36. The molecule has 1 aromatic carbocycles. The number of aryl methyl sites for hydroxylation is 1. The number of fused-ring (bicyclic) bond motifs is 2. The lowest BCUT2D eigenvalue weighted by molar-refractivity contribution is 0.104. The van der Waals surface area contributed by atoms with Crippen LogP contribution in [0.15, 0.2) is 30.3 Å². The first-order chi connectivity index (χ1) is 13.8. The molecule has 3 aromatic rings. The van der Waals surface area contributed by atoms with Gasteiger partial charge < -0.3 is 10.5 Å². The number of aromatic nitrogens is 1. The molecule has 0 saturated heterocycles. The maximum Gasteiger partial charge on any atom is 0.205 e. The van der Waals surface area contributed by atoms with Crippen LogP contribution in [-0.4, -0.2) is 17.9 Å². The molecule has 0 saturated carbocycles. The van der Waals surface area contributed by atoms with E-state index in [0.29, 0.717) is 27.5 Å². The van der Waals surface area contributed by atoms with Crippen LogP contribution in [0, 0.1) is 11.3 Å². The number of anilines is 1. The molecule has 4 nitrogen and oxygen atoms in total. The molecule has 1 aliphatic rings. The van der Waals surface area contributed by atoms with Crippen molar-refractivity contribution in [2.24, 2.45) is 11.3 Å². The van der Waals surface area contributed by atoms with E-state index >= 15 is 0 Å². The predicted octanol–water partition coefficient (Wildman–Crippen LogP) is 5.66. The van der Waals surface area contributed by atoms with Crippen LogP contribution < -0.4 is 10.5 Å². The van der Waals surface area contributed by atoms with E-state index in [2.05, 4.69) is 26.8 Å². The molecule has 4 rings (SSSR count). The maximum atomic E-state index is 13.0. The minimum absolute atomic E-state index is 0.0592. The van der Waals surface area contributed by atoms with E-state index in [-0.39, 0.29) is 5.78 Å². The first-order valence-corrected chi connectivity index (χ1v) is 11.0. The Kier molecular flexibility index (Phi) is 5.11. The minimum Gasteiger partial charge on any atom is -0.497 e. The first kappa shape index (κ1) is 19.9. The third-order valence-corrected chi connectivity index (χ3v) is 7.77. The van der Waals surface area contributed by atoms with Gasteiger partial charge >= 0.3 is 0 Å². The fourth-order valence-electron chi connectivity index (χ4n) is 4.19. The Morgan fingerprint density at radius 3 is 2.69 bits per heavy atom. The van der Waals surface area contributed by atoms with Crippen LogP contribution in [0.5, 0.6) is 5.75 Å². The molecule has 5 heteroatoms. The molecule has 0 amide bonds. The van der Waals surface area contributed by atoms with Crippen LogP contribution in [0.25, 0.3) is 10.2 Å². The number of nitrogens with two attached hydrogens (primary N) is 1. The first-order valence-electron chi connectivity index (χ1n) is 10.2. The van der Waals surface area contributed by atoms with Crippen molar-refractivity contribution < 1.29 is 9.53 Å². The fraction of sp³-hybridized carbons (Fsp3) is 0.417. The summed E-state index contributed by atoms with van der Waals surface area (Å²) in [5.41, 5.74) is 10.4. The number of hydrogen-bond donors (Lipinski definition) is 1. The summed E-state index contributed by atoms with van der Waals surface area (Å²) in [5, 5.41) is 0.917. The number of pyridine rings is 1. The second-order valence-electron chi connectivity index (χ2n) is 8.63. The zero-order chi connectivity index (χ0) is 20.8. The number of rotatable bonds is 5. The van der Waals surface area contributed by atoms with Gasteiger partial charge in [-0.05, 0) is 66.5 Å². The van der Waals surface area contributed by atoms with Crippen molar-refractivity contribution in [2.75, 3.05) is 12.8 Å². The molecule has 1 aliphatic carbocycles. The number of methoxy groups -OCH3 is 1. The van der Waals surface area contributed by atoms with Gasteiger partial charge in [-0.3, -0.25) is 4.79 Å². The second-order valence-corrected chi connectivity index (χ2v) is 9.63. The zero-order valence-electron chi connectivity index (χ0n) is 17.5. The Balaban J connectivity index is 1.70. The lowest BCUT2D eigenvalue weighted by Crippen LogP contribution is -2.29. The quantitative estimate of drug-likeness (QED) is 0.553. The molecule has 0 aliphatic heterocycles. The molecule has 0 radical (unpaired) electrons. The third kappa shape index (κ3) is 3.52. The predicted molar refractivity (Wildman–Crippen MR) is 120 cm³/mol. The summed E-state index contributed by atoms with van der Waals surface area (Å²) in [5.74, 6) is 1.32. The highest BCUT2D eigenvalue weighted by Crippen LogP contribution is 2.42. The van der Waals surface area contributed by atoms with Crippen LogP contribution in [-0.2, 0) is 12.8 Å². The smallest absolute Gasteiger partial charge is 0.205 e. The van der Waals surface area contributed by atoms with Crippen molar-refractivity contribution in [3.8, 4) is 5.75 Å². The van der Waals surface area contributed by atoms with E-state index in [1.54, 1.807) is 31.4 Å². The van der Waals surface area contributed by atoms with Crippen LogP contribution in [0.4, 0.5) is 5.69 Å². The van der Waals surface area contributed by atoms with Gasteiger partial charge in [0.25, 0.3) is 0 Å². The van der Waals surface area contributed by atoms with Crippen molar-refractivity contribution in [3.05, 3.63) is 52.0 Å². The minimum atomic E-state index is -0.0592. The summed E-state index contributed by atoms with van der Waals surface area (Å²) >= 11 is 1.40. The molecule has 0 bridgehead atoms. The third-order valence-electron chi connectivity index (χ3n) is 6.66. The van der Waals surface area contributed by atoms with Crippen molar-refractivity contribution in [1.29, 1.82) is 0 Å². The zero-order valence-corrected chi connectivity index (χ0v) is 18.4. The number of hydrogen-bond acceptors (Lipinski definition) is 5. The number of ketones is 1. The molecule has 29 heavy (non-hydrogen) atoms. The van der Waals surface area contributed by atoms with Gasteiger partial charge in [-0.15, -0.1) is 11.3 Å².